The van der Waals surface area contributed by atoms with E-state index in [9.17, 15) is 0 Å². The van der Waals surface area contributed by atoms with Gasteiger partial charge in [0.2, 0.25) is 5.88 Å². The molecule has 2 N–H and O–H groups in total. The van der Waals surface area contributed by atoms with E-state index < -0.39 is 0 Å². The molecule has 0 radical (unpaired) electrons. The summed E-state index contributed by atoms with van der Waals surface area (Å²) in [5.41, 5.74) is 8.36. The maximum absolute atomic E-state index is 6.12. The molecule has 3 aromatic heterocycles. The van der Waals surface area contributed by atoms with Crippen LogP contribution in [0.5, 0.6) is 5.88 Å². The summed E-state index contributed by atoms with van der Waals surface area (Å²) in [6.45, 7) is 5.04. The van der Waals surface area contributed by atoms with Crippen molar-refractivity contribution in [3.05, 3.63) is 48.7 Å². The van der Waals surface area contributed by atoms with Gasteiger partial charge in [0, 0.05) is 18.0 Å². The van der Waals surface area contributed by atoms with Crippen molar-refractivity contribution >= 4 is 16.6 Å². The number of fused-ring (bicyclic) bond motifs is 2. The van der Waals surface area contributed by atoms with Crippen molar-refractivity contribution < 1.29 is 9.15 Å². The molecule has 0 aliphatic carbocycles. The molecule has 0 amide bonds. The number of hydrogen-bond acceptors (Lipinski definition) is 5. The lowest BCUT2D eigenvalue weighted by atomic mass is 10.0. The molecule has 3 heterocycles. The first kappa shape index (κ1) is 21.4. The monoisotopic (exact) mass is 420 g/mol. The fourth-order valence-electron chi connectivity index (χ4n) is 3.87. The van der Waals surface area contributed by atoms with Crippen LogP contribution in [0, 0.1) is 5.92 Å². The summed E-state index contributed by atoms with van der Waals surface area (Å²) in [7, 11) is 0. The number of rotatable bonds is 11. The quantitative estimate of drug-likeness (QED) is 0.308. The standard InChI is InChI=1S/C25H32N4O2/c1-18(2)9-5-3-4-6-11-20(16-26)30-25-14-13-24-27-17-21(29(24)28-25)23-15-19-10-7-8-12-22(19)31-23/h7-8,10,12-15,17-18,20H,3-6,9,11,16,26H2,1-2H3. The Bertz CT molecular complexity index is 1080. The smallest absolute Gasteiger partial charge is 0.232 e. The van der Waals surface area contributed by atoms with Crippen LogP contribution in [0.3, 0.4) is 0 Å². The number of unbranched alkanes of at least 4 members (excludes halogenated alkanes) is 3. The normalized spacial score (nSPS) is 12.8. The third-order valence-corrected chi connectivity index (χ3v) is 5.62. The maximum atomic E-state index is 6.12. The Labute approximate surface area is 183 Å². The number of para-hydroxylation sites is 1. The largest absolute Gasteiger partial charge is 0.472 e. The third kappa shape index (κ3) is 5.25. The van der Waals surface area contributed by atoms with Crippen molar-refractivity contribution in [2.24, 2.45) is 11.7 Å². The molecule has 1 aromatic carbocycles. The molecule has 6 nitrogen and oxygen atoms in total. The molecule has 0 saturated carbocycles. The predicted molar refractivity (Wildman–Crippen MR) is 124 cm³/mol. The minimum atomic E-state index is -0.0341. The Morgan fingerprint density at radius 1 is 1.03 bits per heavy atom. The zero-order valence-corrected chi connectivity index (χ0v) is 18.5. The van der Waals surface area contributed by atoms with Gasteiger partial charge in [-0.3, -0.25) is 0 Å². The molecule has 0 spiro atoms. The second kappa shape index (κ2) is 9.96. The Morgan fingerprint density at radius 2 is 1.84 bits per heavy atom. The molecule has 6 heteroatoms. The molecule has 164 valence electrons. The lowest BCUT2D eigenvalue weighted by molar-refractivity contribution is 0.184. The van der Waals surface area contributed by atoms with E-state index >= 15 is 0 Å². The van der Waals surface area contributed by atoms with Crippen molar-refractivity contribution in [3.63, 3.8) is 0 Å². The summed E-state index contributed by atoms with van der Waals surface area (Å²) >= 11 is 0. The lowest BCUT2D eigenvalue weighted by Gasteiger charge is -2.16. The summed E-state index contributed by atoms with van der Waals surface area (Å²) in [4.78, 5) is 4.46. The highest BCUT2D eigenvalue weighted by atomic mass is 16.5. The van der Waals surface area contributed by atoms with E-state index in [1.807, 2.05) is 42.5 Å². The van der Waals surface area contributed by atoms with Crippen LogP contribution >= 0.6 is 0 Å². The van der Waals surface area contributed by atoms with Gasteiger partial charge in [-0.1, -0.05) is 57.7 Å². The molecule has 4 aromatic rings. The van der Waals surface area contributed by atoms with Crippen LogP contribution in [0.1, 0.15) is 52.4 Å². The summed E-state index contributed by atoms with van der Waals surface area (Å²) in [5.74, 6) is 2.07. The second-order valence-electron chi connectivity index (χ2n) is 8.59. The highest BCUT2D eigenvalue weighted by Gasteiger charge is 2.15. The first-order valence-electron chi connectivity index (χ1n) is 11.3. The van der Waals surface area contributed by atoms with Gasteiger partial charge in [0.15, 0.2) is 11.4 Å². The molecular formula is C25H32N4O2. The first-order valence-corrected chi connectivity index (χ1v) is 11.3. The number of benzene rings is 1. The Hall–Kier alpha value is -2.86. The van der Waals surface area contributed by atoms with Gasteiger partial charge in [-0.25, -0.2) is 9.50 Å². The molecule has 4 rings (SSSR count). The molecular weight excluding hydrogens is 388 g/mol. The van der Waals surface area contributed by atoms with E-state index in [-0.39, 0.29) is 6.10 Å². The third-order valence-electron chi connectivity index (χ3n) is 5.62. The summed E-state index contributed by atoms with van der Waals surface area (Å²) in [6, 6.07) is 13.7. The number of aromatic nitrogens is 3. The average Bonchev–Trinajstić information content (AvgIpc) is 3.38. The zero-order chi connectivity index (χ0) is 21.6. The van der Waals surface area contributed by atoms with E-state index in [4.69, 9.17) is 14.9 Å². The number of hydrogen-bond donors (Lipinski definition) is 1. The first-order chi connectivity index (χ1) is 15.1. The van der Waals surface area contributed by atoms with Crippen molar-refractivity contribution in [1.29, 1.82) is 0 Å². The molecule has 0 aliphatic heterocycles. The molecule has 31 heavy (non-hydrogen) atoms. The minimum absolute atomic E-state index is 0.0341. The van der Waals surface area contributed by atoms with Crippen LogP contribution in [0.2, 0.25) is 0 Å². The maximum Gasteiger partial charge on any atom is 0.232 e. The average molecular weight is 421 g/mol. The summed E-state index contributed by atoms with van der Waals surface area (Å²) in [5, 5.41) is 5.72. The number of ether oxygens (including phenoxy) is 1. The van der Waals surface area contributed by atoms with E-state index in [1.54, 1.807) is 10.7 Å². The second-order valence-corrected chi connectivity index (χ2v) is 8.59. The van der Waals surface area contributed by atoms with Gasteiger partial charge >= 0.3 is 0 Å². The topological polar surface area (TPSA) is 78.6 Å². The van der Waals surface area contributed by atoms with Crippen molar-refractivity contribution in [3.8, 4) is 17.3 Å². The Balaban J connectivity index is 1.43. The van der Waals surface area contributed by atoms with Gasteiger partial charge in [0.1, 0.15) is 17.4 Å². The van der Waals surface area contributed by atoms with E-state index in [0.29, 0.717) is 12.4 Å². The summed E-state index contributed by atoms with van der Waals surface area (Å²) in [6.07, 6.45) is 8.91. The van der Waals surface area contributed by atoms with Crippen LogP contribution < -0.4 is 10.5 Å². The Kier molecular flexibility index (Phi) is 6.87. The van der Waals surface area contributed by atoms with Crippen molar-refractivity contribution in [2.75, 3.05) is 6.54 Å². The van der Waals surface area contributed by atoms with Crippen molar-refractivity contribution in [1.82, 2.24) is 14.6 Å². The van der Waals surface area contributed by atoms with E-state index in [2.05, 4.69) is 23.9 Å². The van der Waals surface area contributed by atoms with Gasteiger partial charge in [-0.2, -0.15) is 0 Å². The van der Waals surface area contributed by atoms with Gasteiger partial charge in [-0.05, 0) is 37.0 Å². The van der Waals surface area contributed by atoms with Crippen LogP contribution in [0.15, 0.2) is 53.1 Å². The van der Waals surface area contributed by atoms with Gasteiger partial charge in [0.05, 0.1) is 6.20 Å². The van der Waals surface area contributed by atoms with Gasteiger partial charge < -0.3 is 14.9 Å². The van der Waals surface area contributed by atoms with Gasteiger partial charge in [-0.15, -0.1) is 5.10 Å². The van der Waals surface area contributed by atoms with E-state index in [1.165, 1.54) is 25.7 Å². The fraction of sp³-hybridized carbons (Fsp3) is 0.440. The van der Waals surface area contributed by atoms with Gasteiger partial charge in [0.25, 0.3) is 0 Å². The Morgan fingerprint density at radius 3 is 2.61 bits per heavy atom. The number of nitrogens with two attached hydrogens (primary N) is 1. The van der Waals surface area contributed by atoms with Crippen molar-refractivity contribution in [2.45, 2.75) is 58.5 Å². The summed E-state index contributed by atoms with van der Waals surface area (Å²) < 4.78 is 13.9. The molecule has 1 unspecified atom stereocenters. The molecule has 0 saturated heterocycles. The number of imidazole rings is 1. The molecule has 1 atom stereocenters. The highest BCUT2D eigenvalue weighted by Crippen LogP contribution is 2.28. The van der Waals surface area contributed by atoms with Crippen LogP contribution in [0.4, 0.5) is 0 Å². The molecule has 0 aliphatic rings. The molecule has 0 bridgehead atoms. The predicted octanol–water partition coefficient (Wildman–Crippen LogP) is 5.85. The molecule has 0 fully saturated rings. The number of furan rings is 1. The fourth-order valence-corrected chi connectivity index (χ4v) is 3.87. The zero-order valence-electron chi connectivity index (χ0n) is 18.5. The van der Waals surface area contributed by atoms with Crippen LogP contribution in [0.25, 0.3) is 28.1 Å². The van der Waals surface area contributed by atoms with E-state index in [0.717, 1.165) is 46.8 Å². The van der Waals surface area contributed by atoms with Crippen LogP contribution in [-0.4, -0.2) is 27.2 Å². The number of nitrogens with zero attached hydrogens (tertiary/aromatic N) is 3. The minimum Gasteiger partial charge on any atom is -0.472 e. The highest BCUT2D eigenvalue weighted by molar-refractivity contribution is 5.82. The van der Waals surface area contributed by atoms with Crippen LogP contribution in [-0.2, 0) is 0 Å². The lowest BCUT2D eigenvalue weighted by Crippen LogP contribution is -2.27. The SMILES string of the molecule is CC(C)CCCCCCC(CN)Oc1ccc2ncc(-c3cc4ccccc4o3)n2n1.